The van der Waals surface area contributed by atoms with Gasteiger partial charge < -0.3 is 28.8 Å². The largest absolute Gasteiger partial charge is 0.458 e. The first-order valence-electron chi connectivity index (χ1n) is 20.0. The molecule has 1 N–H and O–H groups in total. The Morgan fingerprint density at radius 1 is 0.950 bits per heavy atom. The highest BCUT2D eigenvalue weighted by atomic mass is 16.6. The Morgan fingerprint density at radius 3 is 2.08 bits per heavy atom. The molecule has 2 aromatic rings. The summed E-state index contributed by atoms with van der Waals surface area (Å²) in [6.07, 6.45) is 6.33. The molecule has 10 atom stereocenters. The Bertz CT molecular complexity index is 1950. The Labute approximate surface area is 348 Å². The Hall–Kier alpha value is -5.74. The zero-order chi connectivity index (χ0) is 44.3. The number of non-ortho nitro benzene ring substituents is 2. The van der Waals surface area contributed by atoms with Crippen molar-refractivity contribution >= 4 is 35.3 Å². The summed E-state index contributed by atoms with van der Waals surface area (Å²) in [5.74, 6) is -3.12. The highest BCUT2D eigenvalue weighted by Crippen LogP contribution is 2.38. The zero-order valence-corrected chi connectivity index (χ0v) is 34.9. The number of carbonyl (C=O) groups is 4. The smallest absolute Gasteiger partial charge is 0.338 e. The molecule has 1 saturated heterocycles. The van der Waals surface area contributed by atoms with Gasteiger partial charge in [0.15, 0.2) is 0 Å². The summed E-state index contributed by atoms with van der Waals surface area (Å²) in [6, 6.07) is 10.1. The second kappa shape index (κ2) is 21.0. The molecule has 2 aliphatic rings. The average molecular weight is 835 g/mol. The number of esters is 4. The third-order valence-electron chi connectivity index (χ3n) is 10.7. The van der Waals surface area contributed by atoms with Crippen molar-refractivity contribution in [2.75, 3.05) is 0 Å². The van der Waals surface area contributed by atoms with Crippen molar-refractivity contribution < 1.29 is 57.8 Å². The summed E-state index contributed by atoms with van der Waals surface area (Å²) in [6.45, 7) is 12.3. The Balaban J connectivity index is 1.42. The molecular weight excluding hydrogens is 780 g/mol. The van der Waals surface area contributed by atoms with E-state index in [0.717, 1.165) is 12.1 Å². The number of aliphatic hydroxyl groups is 1. The highest BCUT2D eigenvalue weighted by Gasteiger charge is 2.46. The van der Waals surface area contributed by atoms with Crippen LogP contribution in [0.3, 0.4) is 0 Å². The lowest BCUT2D eigenvalue weighted by Crippen LogP contribution is -2.42. The average Bonchev–Trinajstić information content (AvgIpc) is 3.97. The zero-order valence-electron chi connectivity index (χ0n) is 34.9. The van der Waals surface area contributed by atoms with E-state index in [0.29, 0.717) is 18.4 Å². The van der Waals surface area contributed by atoms with Crippen LogP contribution in [0.15, 0.2) is 84.5 Å². The van der Waals surface area contributed by atoms with E-state index >= 15 is 0 Å². The number of benzene rings is 2. The van der Waals surface area contributed by atoms with E-state index < -0.39 is 69.7 Å². The molecule has 324 valence electrons. The molecule has 4 rings (SSSR count). The predicted octanol–water partition coefficient (Wildman–Crippen LogP) is 7.57. The molecule has 1 fully saturated rings. The summed E-state index contributed by atoms with van der Waals surface area (Å²) in [4.78, 5) is 72.3. The van der Waals surface area contributed by atoms with Crippen molar-refractivity contribution in [1.29, 1.82) is 0 Å². The standard InChI is InChI=1S/C44H54N2O14/c1-8-36(59-43(50)32-15-19-34(20-16-32)46(54)55)29(5)41-37(58-41)24-26(2)10-9-11-27(3)40-28(4)12-21-38(56-30(6)47)44(7,51)23-22-35(25-39(48)60-40)57-42(49)31-13-17-33(18-14-31)45(52)53/h9-21,26,28-29,35-38,40-41,51H,8,22-25H2,1-7H3/b10-9+,21-12-,27-11+. The van der Waals surface area contributed by atoms with E-state index in [-0.39, 0.29) is 65.8 Å². The first-order valence-corrected chi connectivity index (χ1v) is 20.0. The molecule has 16 heteroatoms. The molecule has 0 radical (unpaired) electrons. The molecule has 2 aliphatic heterocycles. The highest BCUT2D eigenvalue weighted by molar-refractivity contribution is 5.90. The van der Waals surface area contributed by atoms with Crippen molar-refractivity contribution in [2.45, 2.75) is 123 Å². The maximum Gasteiger partial charge on any atom is 0.338 e. The number of ether oxygens (including phenoxy) is 5. The van der Waals surface area contributed by atoms with E-state index in [1.165, 1.54) is 50.2 Å². The summed E-state index contributed by atoms with van der Waals surface area (Å²) >= 11 is 0. The van der Waals surface area contributed by atoms with Gasteiger partial charge in [-0.15, -0.1) is 0 Å². The lowest BCUT2D eigenvalue weighted by Gasteiger charge is -2.33. The minimum Gasteiger partial charge on any atom is -0.458 e. The predicted molar refractivity (Wildman–Crippen MR) is 218 cm³/mol. The molecule has 0 aromatic heterocycles. The van der Waals surface area contributed by atoms with Crippen molar-refractivity contribution in [3.63, 3.8) is 0 Å². The van der Waals surface area contributed by atoms with Crippen molar-refractivity contribution in [1.82, 2.24) is 0 Å². The summed E-state index contributed by atoms with van der Waals surface area (Å²) < 4.78 is 28.9. The van der Waals surface area contributed by atoms with Gasteiger partial charge in [0, 0.05) is 43.0 Å². The van der Waals surface area contributed by atoms with Crippen LogP contribution in [-0.4, -0.2) is 81.1 Å². The number of nitro groups is 2. The van der Waals surface area contributed by atoms with Gasteiger partial charge in [0.25, 0.3) is 11.4 Å². The van der Waals surface area contributed by atoms with Gasteiger partial charge in [-0.2, -0.15) is 0 Å². The molecule has 10 unspecified atom stereocenters. The van der Waals surface area contributed by atoms with Gasteiger partial charge in [-0.1, -0.05) is 52.0 Å². The first kappa shape index (κ1) is 46.9. The second-order valence-corrected chi connectivity index (χ2v) is 15.8. The molecule has 0 amide bonds. The Kier molecular flexibility index (Phi) is 16.4. The van der Waals surface area contributed by atoms with E-state index in [1.54, 1.807) is 19.1 Å². The topological polar surface area (TPSA) is 224 Å². The molecule has 0 aliphatic carbocycles. The normalized spacial score (nSPS) is 26.9. The van der Waals surface area contributed by atoms with Crippen molar-refractivity contribution in [3.05, 3.63) is 116 Å². The van der Waals surface area contributed by atoms with Crippen LogP contribution in [0.25, 0.3) is 0 Å². The molecular formula is C44H54N2O14. The molecule has 2 heterocycles. The fraction of sp³-hybridized carbons (Fsp3) is 0.500. The van der Waals surface area contributed by atoms with Crippen molar-refractivity contribution in [2.24, 2.45) is 17.8 Å². The third-order valence-corrected chi connectivity index (χ3v) is 10.7. The number of allylic oxidation sites excluding steroid dienone is 3. The molecule has 16 nitrogen and oxygen atoms in total. The molecule has 0 bridgehead atoms. The molecule has 0 saturated carbocycles. The van der Waals surface area contributed by atoms with E-state index in [9.17, 15) is 44.5 Å². The number of rotatable bonds is 15. The first-order chi connectivity index (χ1) is 28.3. The SMILES string of the molecule is CCC(OC(=O)c1ccc([N+](=O)[O-])cc1)C(C)C1OC1CC(C)/C=C/C=C(\C)C1OC(=O)CC(OC(=O)c2ccc([N+](=O)[O-])cc2)CCC(C)(O)C(OC(C)=O)/C=C\C1C. The van der Waals surface area contributed by atoms with Crippen LogP contribution in [0.1, 0.15) is 101 Å². The minimum absolute atomic E-state index is 0.00113. The van der Waals surface area contributed by atoms with Crippen LogP contribution in [-0.2, 0) is 33.3 Å². The molecule has 0 spiro atoms. The number of hydrogen-bond donors (Lipinski definition) is 1. The van der Waals surface area contributed by atoms with Crippen LogP contribution >= 0.6 is 0 Å². The quantitative estimate of drug-likeness (QED) is 0.0348. The van der Waals surface area contributed by atoms with E-state index in [4.69, 9.17) is 23.7 Å². The minimum atomic E-state index is -1.61. The number of nitrogens with zero attached hydrogens (tertiary/aromatic N) is 2. The molecule has 2 aromatic carbocycles. The number of carbonyl (C=O) groups excluding carboxylic acids is 4. The van der Waals surface area contributed by atoms with Crippen LogP contribution in [0.4, 0.5) is 11.4 Å². The van der Waals surface area contributed by atoms with Gasteiger partial charge in [0.2, 0.25) is 0 Å². The fourth-order valence-electron chi connectivity index (χ4n) is 7.10. The maximum atomic E-state index is 13.5. The summed E-state index contributed by atoms with van der Waals surface area (Å²) in [5.41, 5.74) is -0.994. The van der Waals surface area contributed by atoms with Gasteiger partial charge in [-0.25, -0.2) is 9.59 Å². The lowest BCUT2D eigenvalue weighted by molar-refractivity contribution is -0.385. The van der Waals surface area contributed by atoms with Gasteiger partial charge in [-0.05, 0) is 81.4 Å². The summed E-state index contributed by atoms with van der Waals surface area (Å²) in [7, 11) is 0. The van der Waals surface area contributed by atoms with E-state index in [1.807, 2.05) is 45.9 Å². The van der Waals surface area contributed by atoms with E-state index in [2.05, 4.69) is 0 Å². The second-order valence-electron chi connectivity index (χ2n) is 15.8. The van der Waals surface area contributed by atoms with Crippen LogP contribution < -0.4 is 0 Å². The van der Waals surface area contributed by atoms with Gasteiger partial charge in [0.1, 0.15) is 30.0 Å². The van der Waals surface area contributed by atoms with Gasteiger partial charge in [-0.3, -0.25) is 29.8 Å². The van der Waals surface area contributed by atoms with Crippen LogP contribution in [0.5, 0.6) is 0 Å². The monoisotopic (exact) mass is 834 g/mol. The number of hydrogen-bond acceptors (Lipinski definition) is 14. The third kappa shape index (κ3) is 13.4. The number of nitro benzene ring substituents is 2. The lowest BCUT2D eigenvalue weighted by atomic mass is 9.88. The molecule has 60 heavy (non-hydrogen) atoms. The van der Waals surface area contributed by atoms with Gasteiger partial charge in [0.05, 0.1) is 39.6 Å². The van der Waals surface area contributed by atoms with Crippen LogP contribution in [0.2, 0.25) is 0 Å². The fourth-order valence-corrected chi connectivity index (χ4v) is 7.10. The number of epoxide rings is 1. The van der Waals surface area contributed by atoms with Crippen LogP contribution in [0, 0.1) is 38.0 Å². The Morgan fingerprint density at radius 2 is 1.53 bits per heavy atom. The summed E-state index contributed by atoms with van der Waals surface area (Å²) in [5, 5.41) is 33.5. The van der Waals surface area contributed by atoms with Crippen molar-refractivity contribution in [3.8, 4) is 0 Å². The van der Waals surface area contributed by atoms with Gasteiger partial charge >= 0.3 is 23.9 Å². The number of cyclic esters (lactones) is 1. The maximum absolute atomic E-state index is 13.5.